The number of hydrogen-bond donors (Lipinski definition) is 5. The van der Waals surface area contributed by atoms with Crippen molar-refractivity contribution in [3.05, 3.63) is 59.2 Å². The summed E-state index contributed by atoms with van der Waals surface area (Å²) in [6.07, 6.45) is -3.08. The molecule has 2 aromatic rings. The van der Waals surface area contributed by atoms with E-state index in [1.165, 1.54) is 17.0 Å². The van der Waals surface area contributed by atoms with Crippen LogP contribution in [0.5, 0.6) is 0 Å². The number of aliphatic hydroxyl groups is 1. The fourth-order valence-corrected chi connectivity index (χ4v) is 3.56. The molecule has 1 unspecified atom stereocenters. The topological polar surface area (TPSA) is 158 Å². The van der Waals surface area contributed by atoms with Gasteiger partial charge in [-0.25, -0.2) is 0 Å². The summed E-state index contributed by atoms with van der Waals surface area (Å²) in [7, 11) is 0. The Hall–Kier alpha value is -3.76. The Morgan fingerprint density at radius 3 is 2.71 bits per heavy atom. The van der Waals surface area contributed by atoms with E-state index >= 15 is 0 Å². The number of amidine groups is 1. The minimum Gasteiger partial charge on any atom is -0.384 e. The quantitative estimate of drug-likeness (QED) is 0.335. The number of fused-ring (bicyclic) bond motifs is 1. The number of anilines is 2. The van der Waals surface area contributed by atoms with E-state index in [0.29, 0.717) is 29.0 Å². The third kappa shape index (κ3) is 3.98. The van der Waals surface area contributed by atoms with Crippen LogP contribution in [0.2, 0.25) is 0 Å². The van der Waals surface area contributed by atoms with Crippen molar-refractivity contribution in [3.63, 3.8) is 0 Å². The monoisotopic (exact) mass is 423 g/mol. The number of nitrogens with two attached hydrogens (primary N) is 1. The lowest BCUT2D eigenvalue weighted by Crippen LogP contribution is -2.55. The number of ether oxygens (including phenoxy) is 1. The number of hydrogen-bond acceptors (Lipinski definition) is 6. The SMILES string of the molecule is N=C(N)c1ccc(NC(=O)C(O)[C@H]2OCCN(c3ccc4c(c3)CNC4=O)C2=O)cc1. The van der Waals surface area contributed by atoms with Gasteiger partial charge in [0.25, 0.3) is 17.7 Å². The van der Waals surface area contributed by atoms with Crippen LogP contribution in [0, 0.1) is 5.41 Å². The highest BCUT2D eigenvalue weighted by atomic mass is 16.5. The largest absolute Gasteiger partial charge is 0.384 e. The Bertz CT molecular complexity index is 1070. The van der Waals surface area contributed by atoms with Gasteiger partial charge in [0.2, 0.25) is 0 Å². The van der Waals surface area contributed by atoms with Gasteiger partial charge in [-0.05, 0) is 48.0 Å². The van der Waals surface area contributed by atoms with Gasteiger partial charge < -0.3 is 31.1 Å². The highest BCUT2D eigenvalue weighted by Crippen LogP contribution is 2.26. The lowest BCUT2D eigenvalue weighted by molar-refractivity contribution is -0.150. The van der Waals surface area contributed by atoms with Crippen LogP contribution in [0.4, 0.5) is 11.4 Å². The van der Waals surface area contributed by atoms with E-state index in [1.54, 1.807) is 30.3 Å². The highest BCUT2D eigenvalue weighted by Gasteiger charge is 2.39. The number of rotatable bonds is 5. The van der Waals surface area contributed by atoms with Crippen molar-refractivity contribution in [2.75, 3.05) is 23.4 Å². The molecule has 0 saturated carbocycles. The Kier molecular flexibility index (Phi) is 5.40. The first-order chi connectivity index (χ1) is 14.8. The first-order valence-corrected chi connectivity index (χ1v) is 9.62. The van der Waals surface area contributed by atoms with Crippen LogP contribution in [-0.2, 0) is 20.9 Å². The van der Waals surface area contributed by atoms with Crippen molar-refractivity contribution >= 4 is 34.9 Å². The first kappa shape index (κ1) is 20.5. The predicted molar refractivity (Wildman–Crippen MR) is 112 cm³/mol. The predicted octanol–water partition coefficient (Wildman–Crippen LogP) is -0.0545. The zero-order chi connectivity index (χ0) is 22.1. The van der Waals surface area contributed by atoms with Crippen molar-refractivity contribution in [1.29, 1.82) is 5.41 Å². The van der Waals surface area contributed by atoms with Crippen molar-refractivity contribution in [2.45, 2.75) is 18.8 Å². The third-order valence-electron chi connectivity index (χ3n) is 5.23. The average Bonchev–Trinajstić information content (AvgIpc) is 3.14. The van der Waals surface area contributed by atoms with Gasteiger partial charge in [0, 0.05) is 35.6 Å². The molecule has 0 aliphatic carbocycles. The molecule has 10 nitrogen and oxygen atoms in total. The number of nitrogens with zero attached hydrogens (tertiary/aromatic N) is 1. The van der Waals surface area contributed by atoms with Crippen LogP contribution in [0.25, 0.3) is 0 Å². The molecule has 2 aliphatic rings. The van der Waals surface area contributed by atoms with Gasteiger partial charge >= 0.3 is 0 Å². The van der Waals surface area contributed by atoms with E-state index in [9.17, 15) is 19.5 Å². The molecule has 0 aromatic heterocycles. The molecule has 2 heterocycles. The van der Waals surface area contributed by atoms with Gasteiger partial charge in [0.15, 0.2) is 12.2 Å². The molecular formula is C21H21N5O5. The number of carbonyl (C=O) groups is 3. The molecule has 31 heavy (non-hydrogen) atoms. The zero-order valence-corrected chi connectivity index (χ0v) is 16.4. The van der Waals surface area contributed by atoms with E-state index < -0.39 is 24.0 Å². The number of benzene rings is 2. The standard InChI is InChI=1S/C21H21N5O5/c22-18(23)11-1-3-13(4-2-11)25-20(29)16(27)17-21(30)26(7-8-31-17)14-5-6-15-12(9-14)10-24-19(15)28/h1-6,9,16-17,27H,7-8,10H2,(H3,22,23)(H,24,28)(H,25,29)/t16?,17-/m1/s1. The zero-order valence-electron chi connectivity index (χ0n) is 16.4. The Balaban J connectivity index is 1.46. The molecule has 2 atom stereocenters. The molecule has 0 radical (unpaired) electrons. The number of carbonyl (C=O) groups excluding carboxylic acids is 3. The van der Waals surface area contributed by atoms with Crippen LogP contribution in [0.3, 0.4) is 0 Å². The minimum atomic E-state index is -1.72. The number of amides is 3. The molecule has 2 aliphatic heterocycles. The van der Waals surface area contributed by atoms with Crippen molar-refractivity contribution in [2.24, 2.45) is 5.73 Å². The van der Waals surface area contributed by atoms with Gasteiger partial charge in [0.1, 0.15) is 5.84 Å². The molecule has 10 heteroatoms. The smallest absolute Gasteiger partial charge is 0.259 e. The van der Waals surface area contributed by atoms with E-state index in [4.69, 9.17) is 15.9 Å². The maximum absolute atomic E-state index is 12.9. The minimum absolute atomic E-state index is 0.106. The summed E-state index contributed by atoms with van der Waals surface area (Å²) in [4.78, 5) is 38.6. The summed E-state index contributed by atoms with van der Waals surface area (Å²) in [5, 5.41) is 23.1. The van der Waals surface area contributed by atoms with E-state index in [0.717, 1.165) is 5.56 Å². The molecule has 0 bridgehead atoms. The Labute approximate surface area is 177 Å². The molecule has 1 fully saturated rings. The second-order valence-electron chi connectivity index (χ2n) is 7.23. The molecule has 3 amide bonds. The molecular weight excluding hydrogens is 402 g/mol. The van der Waals surface area contributed by atoms with Crippen molar-refractivity contribution in [1.82, 2.24) is 5.32 Å². The van der Waals surface area contributed by atoms with Crippen LogP contribution in [-0.4, -0.2) is 54.0 Å². The molecule has 2 aromatic carbocycles. The van der Waals surface area contributed by atoms with Gasteiger partial charge in [-0.2, -0.15) is 0 Å². The second kappa shape index (κ2) is 8.17. The van der Waals surface area contributed by atoms with E-state index in [1.807, 2.05) is 0 Å². The normalized spacial score (nSPS) is 18.9. The molecule has 4 rings (SSSR count). The summed E-state index contributed by atoms with van der Waals surface area (Å²) < 4.78 is 5.41. The number of morpholine rings is 1. The summed E-state index contributed by atoms with van der Waals surface area (Å²) in [5.41, 5.74) is 8.19. The third-order valence-corrected chi connectivity index (χ3v) is 5.23. The second-order valence-corrected chi connectivity index (χ2v) is 7.23. The fraction of sp³-hybridized carbons (Fsp3) is 0.238. The lowest BCUT2D eigenvalue weighted by atomic mass is 10.1. The van der Waals surface area contributed by atoms with Gasteiger partial charge in [0.05, 0.1) is 6.61 Å². The van der Waals surface area contributed by atoms with E-state index in [2.05, 4.69) is 10.6 Å². The average molecular weight is 423 g/mol. The summed E-state index contributed by atoms with van der Waals surface area (Å²) in [6.45, 7) is 0.788. The fourth-order valence-electron chi connectivity index (χ4n) is 3.56. The summed E-state index contributed by atoms with van der Waals surface area (Å²) in [6, 6.07) is 11.2. The van der Waals surface area contributed by atoms with Crippen molar-refractivity contribution < 1.29 is 24.2 Å². The number of nitrogens with one attached hydrogen (secondary N) is 3. The number of nitrogen functional groups attached to an aromatic ring is 1. The van der Waals surface area contributed by atoms with Crippen LogP contribution >= 0.6 is 0 Å². The van der Waals surface area contributed by atoms with E-state index in [-0.39, 0.29) is 24.9 Å². The summed E-state index contributed by atoms with van der Waals surface area (Å²) >= 11 is 0. The molecule has 160 valence electrons. The Morgan fingerprint density at radius 1 is 1.26 bits per heavy atom. The van der Waals surface area contributed by atoms with Gasteiger partial charge in [-0.15, -0.1) is 0 Å². The van der Waals surface area contributed by atoms with Crippen molar-refractivity contribution in [3.8, 4) is 0 Å². The lowest BCUT2D eigenvalue weighted by Gasteiger charge is -2.34. The van der Waals surface area contributed by atoms with Crippen LogP contribution in [0.15, 0.2) is 42.5 Å². The molecule has 6 N–H and O–H groups in total. The Morgan fingerprint density at radius 2 is 2.00 bits per heavy atom. The molecule has 1 saturated heterocycles. The van der Waals surface area contributed by atoms with Gasteiger partial charge in [-0.1, -0.05) is 0 Å². The maximum Gasteiger partial charge on any atom is 0.259 e. The number of aliphatic hydroxyl groups excluding tert-OH is 1. The highest BCUT2D eigenvalue weighted by molar-refractivity contribution is 6.05. The molecule has 0 spiro atoms. The first-order valence-electron chi connectivity index (χ1n) is 9.62. The van der Waals surface area contributed by atoms with Crippen LogP contribution < -0.4 is 21.3 Å². The van der Waals surface area contributed by atoms with Crippen LogP contribution in [0.1, 0.15) is 21.5 Å². The maximum atomic E-state index is 12.9. The van der Waals surface area contributed by atoms with Gasteiger partial charge in [-0.3, -0.25) is 19.8 Å². The summed E-state index contributed by atoms with van der Waals surface area (Å²) in [5.74, 6) is -1.60.